The number of nitrogens with zero attached hydrogens (tertiary/aromatic N) is 3. The largest absolute Gasteiger partial charge is 0.448 e. The van der Waals surface area contributed by atoms with Crippen molar-refractivity contribution in [2.75, 3.05) is 17.2 Å². The number of ether oxygens (including phenoxy) is 1. The first-order valence-electron chi connectivity index (χ1n) is 12.0. The molecule has 0 unspecified atom stereocenters. The average molecular weight is 579 g/mol. The zero-order valence-corrected chi connectivity index (χ0v) is 25.1. The number of hydrogen-bond donors (Lipinski definition) is 2. The third-order valence-electron chi connectivity index (χ3n) is 7.37. The van der Waals surface area contributed by atoms with Crippen LogP contribution in [0.2, 0.25) is 24.7 Å². The summed E-state index contributed by atoms with van der Waals surface area (Å²) in [6.07, 6.45) is -0.677. The fourth-order valence-electron chi connectivity index (χ4n) is 3.92. The van der Waals surface area contributed by atoms with Gasteiger partial charge in [0, 0.05) is 15.1 Å². The monoisotopic (exact) mass is 577 g/mol. The van der Waals surface area contributed by atoms with E-state index in [1.54, 1.807) is 11.8 Å². The summed E-state index contributed by atoms with van der Waals surface area (Å²) in [7, 11) is -1.92. The van der Waals surface area contributed by atoms with Gasteiger partial charge < -0.3 is 20.3 Å². The molecule has 196 valence electrons. The number of urea groups is 1. The number of hydrogen-bond acceptors (Lipinski definition) is 5. The maximum absolute atomic E-state index is 13.4. The lowest BCUT2D eigenvalue weighted by Gasteiger charge is -2.35. The minimum Gasteiger partial charge on any atom is -0.448 e. The van der Waals surface area contributed by atoms with E-state index in [9.17, 15) is 14.4 Å². The predicted molar refractivity (Wildman–Crippen MR) is 147 cm³/mol. The third kappa shape index (κ3) is 4.82. The van der Waals surface area contributed by atoms with Crippen LogP contribution in [0.1, 0.15) is 51.4 Å². The molecule has 3 amide bonds. The van der Waals surface area contributed by atoms with Crippen molar-refractivity contribution in [1.82, 2.24) is 14.7 Å². The Morgan fingerprint density at radius 2 is 1.83 bits per heavy atom. The van der Waals surface area contributed by atoms with E-state index < -0.39 is 24.7 Å². The summed E-state index contributed by atoms with van der Waals surface area (Å²) in [6, 6.07) is 5.38. The molecule has 0 aliphatic carbocycles. The molecule has 2 aromatic rings. The summed E-state index contributed by atoms with van der Waals surface area (Å²) in [5.41, 5.74) is 1.91. The second-order valence-corrected chi connectivity index (χ2v) is 17.7. The van der Waals surface area contributed by atoms with Crippen molar-refractivity contribution in [3.63, 3.8) is 0 Å². The Bertz CT molecular complexity index is 1200. The SMILES string of the molecule is CCOC(=O)n1nc2c(c1NC(=O)C(C)(C)[Si](C)(C)C)CN(C(=O)Nc1c(C)cccc1Br)C2(C)C. The van der Waals surface area contributed by atoms with Gasteiger partial charge in [0.1, 0.15) is 5.82 Å². The molecule has 2 N–H and O–H groups in total. The zero-order chi connectivity index (χ0) is 27.2. The Kier molecular flexibility index (Phi) is 7.49. The molecule has 0 spiro atoms. The van der Waals surface area contributed by atoms with Crippen molar-refractivity contribution in [1.29, 1.82) is 0 Å². The molecule has 9 nitrogen and oxygen atoms in total. The van der Waals surface area contributed by atoms with E-state index in [4.69, 9.17) is 4.74 Å². The topological polar surface area (TPSA) is 106 Å². The second kappa shape index (κ2) is 9.66. The van der Waals surface area contributed by atoms with Crippen LogP contribution < -0.4 is 10.6 Å². The Morgan fingerprint density at radius 3 is 2.39 bits per heavy atom. The number of fused-ring (bicyclic) bond motifs is 1. The van der Waals surface area contributed by atoms with Crippen LogP contribution >= 0.6 is 15.9 Å². The molecule has 11 heteroatoms. The summed E-state index contributed by atoms with van der Waals surface area (Å²) in [6.45, 7) is 17.9. The molecular weight excluding hydrogens is 542 g/mol. The van der Waals surface area contributed by atoms with E-state index in [-0.39, 0.29) is 30.9 Å². The molecule has 0 saturated carbocycles. The Labute approximate surface area is 222 Å². The maximum atomic E-state index is 13.4. The number of aryl methyl sites for hydroxylation is 1. The minimum absolute atomic E-state index is 0.167. The standard InChI is InChI=1S/C25H36BrN5O4Si/c1-10-35-23(34)31-20(28-21(32)25(5,6)36(7,8)9)16-14-30(24(3,4)19(16)29-31)22(33)27-18-15(2)12-11-13-17(18)26/h11-13H,10,14H2,1-9H3,(H,27,33)(H,28,32). The van der Waals surface area contributed by atoms with Gasteiger partial charge in [-0.2, -0.15) is 5.10 Å². The quantitative estimate of drug-likeness (QED) is 0.405. The summed E-state index contributed by atoms with van der Waals surface area (Å²) in [5, 5.41) is 9.89. The second-order valence-electron chi connectivity index (χ2n) is 11.1. The van der Waals surface area contributed by atoms with Crippen LogP contribution in [0.15, 0.2) is 22.7 Å². The van der Waals surface area contributed by atoms with Gasteiger partial charge in [-0.3, -0.25) is 4.79 Å². The fourth-order valence-corrected chi connectivity index (χ4v) is 5.22. The van der Waals surface area contributed by atoms with E-state index in [1.807, 2.05) is 52.8 Å². The van der Waals surface area contributed by atoms with E-state index >= 15 is 0 Å². The molecule has 0 bridgehead atoms. The summed E-state index contributed by atoms with van der Waals surface area (Å²) < 4.78 is 7.10. The molecule has 0 saturated heterocycles. The molecule has 36 heavy (non-hydrogen) atoms. The number of para-hydroxylation sites is 1. The lowest BCUT2D eigenvalue weighted by atomic mass is 10.0. The van der Waals surface area contributed by atoms with Crippen LogP contribution in [0.25, 0.3) is 0 Å². The first kappa shape index (κ1) is 27.9. The van der Waals surface area contributed by atoms with Gasteiger partial charge in [-0.1, -0.05) is 45.6 Å². The zero-order valence-electron chi connectivity index (χ0n) is 22.5. The van der Waals surface area contributed by atoms with Crippen molar-refractivity contribution >= 4 is 53.5 Å². The van der Waals surface area contributed by atoms with Crippen molar-refractivity contribution < 1.29 is 19.1 Å². The van der Waals surface area contributed by atoms with E-state index in [1.165, 1.54) is 0 Å². The molecule has 1 aliphatic heterocycles. The molecule has 1 aromatic heterocycles. The van der Waals surface area contributed by atoms with Gasteiger partial charge in [0.2, 0.25) is 5.91 Å². The van der Waals surface area contributed by atoms with Crippen LogP contribution in [0.5, 0.6) is 0 Å². The Hall–Kier alpha value is -2.66. The molecule has 0 atom stereocenters. The van der Waals surface area contributed by atoms with E-state index in [0.717, 1.165) is 14.7 Å². The van der Waals surface area contributed by atoms with E-state index in [0.29, 0.717) is 16.9 Å². The van der Waals surface area contributed by atoms with Crippen LogP contribution in [0, 0.1) is 6.92 Å². The van der Waals surface area contributed by atoms with Crippen LogP contribution in [-0.4, -0.2) is 47.4 Å². The minimum atomic E-state index is -1.92. The van der Waals surface area contributed by atoms with Gasteiger partial charge >= 0.3 is 12.1 Å². The number of carbonyl (C=O) groups excluding carboxylic acids is 3. The third-order valence-corrected chi connectivity index (χ3v) is 12.0. The molecule has 0 radical (unpaired) electrons. The number of benzene rings is 1. The van der Waals surface area contributed by atoms with Crippen LogP contribution in [-0.2, 0) is 21.6 Å². The maximum Gasteiger partial charge on any atom is 0.436 e. The Morgan fingerprint density at radius 1 is 1.19 bits per heavy atom. The molecular formula is C25H36BrN5O4Si. The normalized spacial score (nSPS) is 14.9. The molecule has 1 aliphatic rings. The number of aromatic nitrogens is 2. The summed E-state index contributed by atoms with van der Waals surface area (Å²) in [4.78, 5) is 41.3. The highest BCUT2D eigenvalue weighted by molar-refractivity contribution is 9.10. The molecule has 1 aromatic carbocycles. The highest BCUT2D eigenvalue weighted by Gasteiger charge is 2.48. The first-order valence-corrected chi connectivity index (χ1v) is 16.3. The molecule has 0 fully saturated rings. The molecule has 3 rings (SSSR count). The number of amides is 3. The lowest BCUT2D eigenvalue weighted by molar-refractivity contribution is -0.118. The predicted octanol–water partition coefficient (Wildman–Crippen LogP) is 6.30. The number of anilines is 2. The van der Waals surface area contributed by atoms with Crippen molar-refractivity contribution in [3.05, 3.63) is 39.5 Å². The van der Waals surface area contributed by atoms with E-state index in [2.05, 4.69) is 51.3 Å². The highest BCUT2D eigenvalue weighted by Crippen LogP contribution is 2.44. The van der Waals surface area contributed by atoms with Gasteiger partial charge in [-0.25, -0.2) is 9.59 Å². The smallest absolute Gasteiger partial charge is 0.436 e. The average Bonchev–Trinajstić information content (AvgIpc) is 3.24. The van der Waals surface area contributed by atoms with Crippen molar-refractivity contribution in [3.8, 4) is 0 Å². The van der Waals surface area contributed by atoms with Gasteiger partial charge in [-0.15, -0.1) is 4.68 Å². The summed E-state index contributed by atoms with van der Waals surface area (Å²) in [5.74, 6) is 0.0553. The van der Waals surface area contributed by atoms with Crippen LogP contribution in [0.4, 0.5) is 21.1 Å². The van der Waals surface area contributed by atoms with Gasteiger partial charge in [0.25, 0.3) is 0 Å². The van der Waals surface area contributed by atoms with Gasteiger partial charge in [0.05, 0.1) is 38.1 Å². The van der Waals surface area contributed by atoms with Gasteiger partial charge in [-0.05, 0) is 55.3 Å². The highest BCUT2D eigenvalue weighted by atomic mass is 79.9. The van der Waals surface area contributed by atoms with Crippen molar-refractivity contribution in [2.24, 2.45) is 0 Å². The first-order chi connectivity index (χ1) is 16.5. The number of carbonyl (C=O) groups is 3. The van der Waals surface area contributed by atoms with Crippen molar-refractivity contribution in [2.45, 2.75) is 78.3 Å². The summed E-state index contributed by atoms with van der Waals surface area (Å²) >= 11 is 3.50. The van der Waals surface area contributed by atoms with Gasteiger partial charge in [0.15, 0.2) is 0 Å². The number of nitrogens with one attached hydrogen (secondary N) is 2. The van der Waals surface area contributed by atoms with Crippen LogP contribution in [0.3, 0.4) is 0 Å². The Balaban J connectivity index is 2.02. The molecule has 2 heterocycles. The fraction of sp³-hybridized carbons (Fsp3) is 0.520. The number of rotatable bonds is 5. The number of halogens is 1. The lowest BCUT2D eigenvalue weighted by Crippen LogP contribution is -2.45.